The Morgan fingerprint density at radius 2 is 1.92 bits per heavy atom. The van der Waals surface area contributed by atoms with Gasteiger partial charge in [0.05, 0.1) is 26.1 Å². The maximum absolute atomic E-state index is 12.4. The summed E-state index contributed by atoms with van der Waals surface area (Å²) in [5.41, 5.74) is 0. The smallest absolute Gasteiger partial charge is 0.353 e. The highest BCUT2D eigenvalue weighted by atomic mass is 32.2. The first-order chi connectivity index (χ1) is 11.3. The first kappa shape index (κ1) is 21.8. The molecule has 0 amide bonds. The van der Waals surface area contributed by atoms with Crippen LogP contribution in [0, 0.1) is 0 Å². The van der Waals surface area contributed by atoms with Gasteiger partial charge in [-0.15, -0.1) is 0 Å². The molecular formula is C14H27O8PS. The molecule has 0 N–H and O–H groups in total. The average Bonchev–Trinajstić information content (AvgIpc) is 2.51. The van der Waals surface area contributed by atoms with E-state index >= 15 is 0 Å². The summed E-state index contributed by atoms with van der Waals surface area (Å²) in [6, 6.07) is 0. The summed E-state index contributed by atoms with van der Waals surface area (Å²) in [6.07, 6.45) is 3.82. The van der Waals surface area contributed by atoms with E-state index in [-0.39, 0.29) is 19.8 Å². The molecule has 142 valence electrons. The monoisotopic (exact) mass is 386 g/mol. The van der Waals surface area contributed by atoms with Crippen molar-refractivity contribution in [3.8, 4) is 0 Å². The van der Waals surface area contributed by atoms with Gasteiger partial charge in [-0.05, 0) is 39.2 Å². The lowest BCUT2D eigenvalue weighted by molar-refractivity contribution is -0.182. The number of ether oxygens (including phenoxy) is 2. The van der Waals surface area contributed by atoms with E-state index in [0.717, 1.165) is 19.1 Å². The zero-order chi connectivity index (χ0) is 18.1. The van der Waals surface area contributed by atoms with E-state index in [2.05, 4.69) is 0 Å². The van der Waals surface area contributed by atoms with Crippen molar-refractivity contribution in [2.24, 2.45) is 0 Å². The molecule has 1 aliphatic rings. The molecule has 8 nitrogen and oxygen atoms in total. The molecule has 10 heteroatoms. The molecule has 1 fully saturated rings. The lowest BCUT2D eigenvalue weighted by atomic mass is 10.2. The predicted molar refractivity (Wildman–Crippen MR) is 89.3 cm³/mol. The van der Waals surface area contributed by atoms with Crippen LogP contribution in [0.4, 0.5) is 0 Å². The van der Waals surface area contributed by atoms with Gasteiger partial charge in [-0.1, -0.05) is 0 Å². The Balaban J connectivity index is 2.77. The van der Waals surface area contributed by atoms with Gasteiger partial charge in [-0.25, -0.2) is 0 Å². The van der Waals surface area contributed by atoms with Gasteiger partial charge < -0.3 is 18.5 Å². The molecule has 0 spiro atoms. The summed E-state index contributed by atoms with van der Waals surface area (Å²) in [6.45, 7) is 4.20. The van der Waals surface area contributed by atoms with Gasteiger partial charge in [0.25, 0.3) is 10.1 Å². The number of hydrogen-bond acceptors (Lipinski definition) is 8. The van der Waals surface area contributed by atoms with Crippen molar-refractivity contribution in [1.29, 1.82) is 0 Å². The van der Waals surface area contributed by atoms with E-state index in [4.69, 9.17) is 22.7 Å². The SMILES string of the molecule is CCOP(=O)(/C=C/[C@@H](COS(C)(=O)=O)O[C@@H]1CCCCO1)OCC. The van der Waals surface area contributed by atoms with Crippen LogP contribution >= 0.6 is 7.60 Å². The van der Waals surface area contributed by atoms with E-state index in [0.29, 0.717) is 13.0 Å². The molecule has 0 saturated carbocycles. The average molecular weight is 386 g/mol. The summed E-state index contributed by atoms with van der Waals surface area (Å²) >= 11 is 0. The molecule has 0 aromatic heterocycles. The standard InChI is InChI=1S/C14H27O8PS/c1-4-19-23(15,20-5-2)11-9-13(12-21-24(3,16)17)22-14-8-6-7-10-18-14/h9,11,13-14H,4-8,10,12H2,1-3H3/b11-9+/t13-,14+/m0/s1. The molecule has 0 bridgehead atoms. The molecule has 24 heavy (non-hydrogen) atoms. The van der Waals surface area contributed by atoms with Crippen LogP contribution in [0.2, 0.25) is 0 Å². The third-order valence-electron chi connectivity index (χ3n) is 3.01. The van der Waals surface area contributed by atoms with Gasteiger partial charge in [0.2, 0.25) is 0 Å². The first-order valence-electron chi connectivity index (χ1n) is 7.97. The fourth-order valence-corrected chi connectivity index (χ4v) is 3.78. The zero-order valence-electron chi connectivity index (χ0n) is 14.4. The van der Waals surface area contributed by atoms with Crippen molar-refractivity contribution in [1.82, 2.24) is 0 Å². The van der Waals surface area contributed by atoms with Crippen LogP contribution in [0.5, 0.6) is 0 Å². The molecule has 0 aliphatic carbocycles. The van der Waals surface area contributed by atoms with Crippen molar-refractivity contribution in [2.75, 3.05) is 32.7 Å². The van der Waals surface area contributed by atoms with Crippen LogP contribution < -0.4 is 0 Å². The molecule has 0 unspecified atom stereocenters. The van der Waals surface area contributed by atoms with E-state index in [9.17, 15) is 13.0 Å². The van der Waals surface area contributed by atoms with E-state index in [1.54, 1.807) is 13.8 Å². The van der Waals surface area contributed by atoms with Crippen LogP contribution in [0.25, 0.3) is 0 Å². The van der Waals surface area contributed by atoms with Crippen LogP contribution in [-0.4, -0.2) is 53.5 Å². The largest absolute Gasteiger partial charge is 0.353 e. The highest BCUT2D eigenvalue weighted by molar-refractivity contribution is 7.85. The highest BCUT2D eigenvalue weighted by Crippen LogP contribution is 2.49. The molecule has 0 aromatic rings. The minimum atomic E-state index is -3.62. The molecule has 1 aliphatic heterocycles. The number of rotatable bonds is 11. The molecular weight excluding hydrogens is 359 g/mol. The third kappa shape index (κ3) is 9.27. The molecule has 1 rings (SSSR count). The lowest BCUT2D eigenvalue weighted by Crippen LogP contribution is -2.30. The minimum Gasteiger partial charge on any atom is -0.353 e. The van der Waals surface area contributed by atoms with Gasteiger partial charge in [0.1, 0.15) is 6.10 Å². The second-order valence-corrected chi connectivity index (χ2v) is 8.71. The van der Waals surface area contributed by atoms with E-state index < -0.39 is 30.1 Å². The van der Waals surface area contributed by atoms with Crippen molar-refractivity contribution in [2.45, 2.75) is 45.5 Å². The molecule has 1 heterocycles. The predicted octanol–water partition coefficient (Wildman–Crippen LogP) is 2.65. The zero-order valence-corrected chi connectivity index (χ0v) is 16.1. The summed E-state index contributed by atoms with van der Waals surface area (Å²) in [7, 11) is -7.02. The lowest BCUT2D eigenvalue weighted by Gasteiger charge is -2.26. The quantitative estimate of drug-likeness (QED) is 0.395. The molecule has 2 atom stereocenters. The van der Waals surface area contributed by atoms with Gasteiger partial charge in [0.15, 0.2) is 6.29 Å². The van der Waals surface area contributed by atoms with Crippen molar-refractivity contribution in [3.05, 3.63) is 11.9 Å². The van der Waals surface area contributed by atoms with Crippen molar-refractivity contribution < 1.29 is 35.7 Å². The summed E-state index contributed by atoms with van der Waals surface area (Å²) in [4.78, 5) is 0. The first-order valence-corrected chi connectivity index (χ1v) is 11.4. The highest BCUT2D eigenvalue weighted by Gasteiger charge is 2.23. The summed E-state index contributed by atoms with van der Waals surface area (Å²) in [5.74, 6) is 1.28. The summed E-state index contributed by atoms with van der Waals surface area (Å²) < 4.78 is 61.1. The van der Waals surface area contributed by atoms with Crippen molar-refractivity contribution in [3.63, 3.8) is 0 Å². The Labute approximate surface area is 144 Å². The third-order valence-corrected chi connectivity index (χ3v) is 5.35. The van der Waals surface area contributed by atoms with Gasteiger partial charge >= 0.3 is 7.60 Å². The topological polar surface area (TPSA) is 97.4 Å². The summed E-state index contributed by atoms with van der Waals surface area (Å²) in [5, 5.41) is 0. The van der Waals surface area contributed by atoms with E-state index in [1.165, 1.54) is 11.9 Å². The van der Waals surface area contributed by atoms with Gasteiger partial charge in [0, 0.05) is 12.4 Å². The fraction of sp³-hybridized carbons (Fsp3) is 0.857. The Morgan fingerprint density at radius 3 is 2.42 bits per heavy atom. The van der Waals surface area contributed by atoms with Crippen LogP contribution in [0.3, 0.4) is 0 Å². The van der Waals surface area contributed by atoms with Gasteiger partial charge in [-0.3, -0.25) is 8.75 Å². The Hall–Kier alpha value is -0.280. The fourth-order valence-electron chi connectivity index (χ4n) is 2.03. The maximum atomic E-state index is 12.4. The normalized spacial score (nSPS) is 21.2. The maximum Gasteiger partial charge on any atom is 0.353 e. The Morgan fingerprint density at radius 1 is 1.25 bits per heavy atom. The molecule has 0 radical (unpaired) electrons. The minimum absolute atomic E-state index is 0.221. The Kier molecular flexibility index (Phi) is 9.66. The second kappa shape index (κ2) is 10.7. The number of hydrogen-bond donors (Lipinski definition) is 0. The van der Waals surface area contributed by atoms with Crippen LogP contribution in [0.1, 0.15) is 33.1 Å². The molecule has 1 saturated heterocycles. The van der Waals surface area contributed by atoms with Crippen LogP contribution in [0.15, 0.2) is 11.9 Å². The van der Waals surface area contributed by atoms with Crippen molar-refractivity contribution >= 4 is 17.7 Å². The molecule has 0 aromatic carbocycles. The van der Waals surface area contributed by atoms with Crippen LogP contribution in [-0.2, 0) is 37.4 Å². The van der Waals surface area contributed by atoms with Gasteiger partial charge in [-0.2, -0.15) is 8.42 Å². The second-order valence-electron chi connectivity index (χ2n) is 5.18. The van der Waals surface area contributed by atoms with E-state index in [1.807, 2.05) is 0 Å². The Bertz CT molecular complexity index is 517.